The number of nitriles is 1. The van der Waals surface area contributed by atoms with Gasteiger partial charge >= 0.3 is 6.09 Å². The van der Waals surface area contributed by atoms with Crippen molar-refractivity contribution in [2.75, 3.05) is 0 Å². The standard InChI is InChI=1S/C17H26N2O2Si/c1-17(14-18,11-8-12-22(2,3)4)19(16(20)21)13-15-9-6-5-7-10-15/h5-7,9-10H,8,11-13H2,1-4H3,(H,20,21). The summed E-state index contributed by atoms with van der Waals surface area (Å²) in [5.41, 5.74) is -0.0852. The van der Waals surface area contributed by atoms with Crippen molar-refractivity contribution in [2.24, 2.45) is 0 Å². The van der Waals surface area contributed by atoms with Crippen LogP contribution in [0.2, 0.25) is 25.7 Å². The quantitative estimate of drug-likeness (QED) is 0.749. The van der Waals surface area contributed by atoms with Crippen molar-refractivity contribution in [1.29, 1.82) is 5.26 Å². The first-order valence-electron chi connectivity index (χ1n) is 7.64. The van der Waals surface area contributed by atoms with Crippen LogP contribution in [-0.2, 0) is 6.54 Å². The molecular formula is C17H26N2O2Si. The van der Waals surface area contributed by atoms with Gasteiger partial charge in [0, 0.05) is 8.07 Å². The predicted molar refractivity (Wildman–Crippen MR) is 91.4 cm³/mol. The first kappa shape index (κ1) is 18.2. The van der Waals surface area contributed by atoms with Crippen LogP contribution in [-0.4, -0.2) is 29.7 Å². The van der Waals surface area contributed by atoms with Crippen molar-refractivity contribution in [3.05, 3.63) is 35.9 Å². The van der Waals surface area contributed by atoms with E-state index in [1.165, 1.54) is 4.90 Å². The van der Waals surface area contributed by atoms with Crippen molar-refractivity contribution >= 4 is 14.2 Å². The molecule has 1 aromatic carbocycles. The number of benzene rings is 1. The summed E-state index contributed by atoms with van der Waals surface area (Å²) in [4.78, 5) is 12.9. The Kier molecular flexibility index (Phi) is 6.18. The van der Waals surface area contributed by atoms with Gasteiger partial charge in [-0.15, -0.1) is 0 Å². The summed E-state index contributed by atoms with van der Waals surface area (Å²) < 4.78 is 0. The van der Waals surface area contributed by atoms with Crippen LogP contribution in [0.1, 0.15) is 25.3 Å². The van der Waals surface area contributed by atoms with Crippen LogP contribution >= 0.6 is 0 Å². The first-order valence-corrected chi connectivity index (χ1v) is 11.3. The first-order chi connectivity index (χ1) is 10.2. The number of amides is 1. The minimum atomic E-state index is -1.18. The van der Waals surface area contributed by atoms with Gasteiger partial charge in [0.1, 0.15) is 5.54 Å². The summed E-state index contributed by atoms with van der Waals surface area (Å²) in [5.74, 6) is 0. The molecule has 120 valence electrons. The molecule has 0 saturated carbocycles. The lowest BCUT2D eigenvalue weighted by Gasteiger charge is -2.34. The second kappa shape index (κ2) is 7.46. The molecule has 0 saturated heterocycles. The summed E-state index contributed by atoms with van der Waals surface area (Å²) in [6, 6.07) is 12.8. The molecule has 1 unspecified atom stereocenters. The maximum absolute atomic E-state index is 11.7. The Bertz CT molecular complexity index is 534. The van der Waals surface area contributed by atoms with Crippen LogP contribution in [0.3, 0.4) is 0 Å². The summed E-state index contributed by atoms with van der Waals surface area (Å²) in [5, 5.41) is 19.1. The molecule has 0 spiro atoms. The molecule has 1 rings (SSSR count). The Labute approximate surface area is 134 Å². The number of carbonyl (C=O) groups is 1. The third kappa shape index (κ3) is 5.53. The fourth-order valence-electron chi connectivity index (χ4n) is 2.43. The molecule has 0 fully saturated rings. The Morgan fingerprint density at radius 2 is 1.91 bits per heavy atom. The van der Waals surface area contributed by atoms with Gasteiger partial charge in [0.05, 0.1) is 12.6 Å². The highest BCUT2D eigenvalue weighted by molar-refractivity contribution is 6.76. The number of hydrogen-bond donors (Lipinski definition) is 1. The maximum atomic E-state index is 11.7. The molecule has 1 aromatic rings. The van der Waals surface area contributed by atoms with Gasteiger partial charge in [0.15, 0.2) is 0 Å². The second-order valence-electron chi connectivity index (χ2n) is 7.15. The molecule has 1 N–H and O–H groups in total. The number of carboxylic acid groups (broad SMARTS) is 1. The monoisotopic (exact) mass is 318 g/mol. The zero-order valence-corrected chi connectivity index (χ0v) is 15.0. The molecule has 0 aliphatic rings. The molecule has 0 aromatic heterocycles. The average Bonchev–Trinajstić information content (AvgIpc) is 2.44. The van der Waals surface area contributed by atoms with E-state index in [0.29, 0.717) is 6.42 Å². The van der Waals surface area contributed by atoms with Crippen LogP contribution in [0.15, 0.2) is 30.3 Å². The fourth-order valence-corrected chi connectivity index (χ4v) is 3.67. The van der Waals surface area contributed by atoms with Gasteiger partial charge in [-0.3, -0.25) is 4.90 Å². The molecule has 5 heteroatoms. The van der Waals surface area contributed by atoms with E-state index in [4.69, 9.17) is 0 Å². The lowest BCUT2D eigenvalue weighted by atomic mass is 9.95. The number of nitrogens with zero attached hydrogens (tertiary/aromatic N) is 2. The molecule has 22 heavy (non-hydrogen) atoms. The fraction of sp³-hybridized carbons (Fsp3) is 0.529. The summed E-state index contributed by atoms with van der Waals surface area (Å²) in [7, 11) is -1.18. The van der Waals surface area contributed by atoms with Crippen LogP contribution in [0.25, 0.3) is 0 Å². The molecular weight excluding hydrogens is 292 g/mol. The number of rotatable bonds is 7. The lowest BCUT2D eigenvalue weighted by molar-refractivity contribution is 0.0983. The molecule has 0 heterocycles. The third-order valence-corrected chi connectivity index (χ3v) is 5.69. The van der Waals surface area contributed by atoms with Gasteiger partial charge in [-0.25, -0.2) is 4.79 Å². The maximum Gasteiger partial charge on any atom is 0.408 e. The van der Waals surface area contributed by atoms with E-state index in [1.54, 1.807) is 6.92 Å². The Hall–Kier alpha value is -1.80. The van der Waals surface area contributed by atoms with E-state index < -0.39 is 19.7 Å². The normalized spacial score (nSPS) is 14.0. The van der Waals surface area contributed by atoms with Crippen molar-refractivity contribution in [3.63, 3.8) is 0 Å². The van der Waals surface area contributed by atoms with E-state index in [-0.39, 0.29) is 6.54 Å². The van der Waals surface area contributed by atoms with Crippen molar-refractivity contribution in [2.45, 2.75) is 57.5 Å². The van der Waals surface area contributed by atoms with Gasteiger partial charge in [-0.05, 0) is 18.9 Å². The van der Waals surface area contributed by atoms with Gasteiger partial charge in [-0.1, -0.05) is 62.4 Å². The highest BCUT2D eigenvalue weighted by atomic mass is 28.3. The smallest absolute Gasteiger partial charge is 0.408 e. The van der Waals surface area contributed by atoms with Crippen molar-refractivity contribution < 1.29 is 9.90 Å². The summed E-state index contributed by atoms with van der Waals surface area (Å²) >= 11 is 0. The predicted octanol–water partition coefficient (Wildman–Crippen LogP) is 4.57. The van der Waals surface area contributed by atoms with Crippen molar-refractivity contribution in [1.82, 2.24) is 4.90 Å². The second-order valence-corrected chi connectivity index (χ2v) is 12.8. The minimum Gasteiger partial charge on any atom is -0.465 e. The van der Waals surface area contributed by atoms with E-state index in [1.807, 2.05) is 30.3 Å². The van der Waals surface area contributed by atoms with Crippen LogP contribution in [0.4, 0.5) is 4.79 Å². The Balaban J connectivity index is 2.85. The molecule has 0 aliphatic carbocycles. The SMILES string of the molecule is CC(C#N)(CCC[Si](C)(C)C)N(Cc1ccccc1)C(=O)O. The largest absolute Gasteiger partial charge is 0.465 e. The zero-order chi connectivity index (χ0) is 16.8. The van der Waals surface area contributed by atoms with E-state index in [2.05, 4.69) is 25.7 Å². The number of hydrogen-bond acceptors (Lipinski definition) is 2. The van der Waals surface area contributed by atoms with Gasteiger partial charge in [0.2, 0.25) is 0 Å². The highest BCUT2D eigenvalue weighted by Gasteiger charge is 2.35. The van der Waals surface area contributed by atoms with Crippen LogP contribution in [0.5, 0.6) is 0 Å². The molecule has 4 nitrogen and oxygen atoms in total. The average molecular weight is 318 g/mol. The van der Waals surface area contributed by atoms with Gasteiger partial charge in [-0.2, -0.15) is 5.26 Å². The molecule has 0 bridgehead atoms. The topological polar surface area (TPSA) is 64.3 Å². The lowest BCUT2D eigenvalue weighted by Crippen LogP contribution is -2.48. The summed E-state index contributed by atoms with van der Waals surface area (Å²) in [6.45, 7) is 8.84. The summed E-state index contributed by atoms with van der Waals surface area (Å²) in [6.07, 6.45) is 0.423. The van der Waals surface area contributed by atoms with E-state index in [9.17, 15) is 15.2 Å². The van der Waals surface area contributed by atoms with Crippen LogP contribution < -0.4 is 0 Å². The molecule has 1 amide bonds. The van der Waals surface area contributed by atoms with E-state index >= 15 is 0 Å². The third-order valence-electron chi connectivity index (χ3n) is 3.84. The zero-order valence-electron chi connectivity index (χ0n) is 14.0. The highest BCUT2D eigenvalue weighted by Crippen LogP contribution is 2.26. The molecule has 1 atom stereocenters. The van der Waals surface area contributed by atoms with Gasteiger partial charge in [0.25, 0.3) is 0 Å². The molecule has 0 radical (unpaired) electrons. The van der Waals surface area contributed by atoms with Crippen LogP contribution in [0, 0.1) is 11.3 Å². The van der Waals surface area contributed by atoms with Gasteiger partial charge < -0.3 is 5.11 Å². The minimum absolute atomic E-state index is 0.243. The Morgan fingerprint density at radius 1 is 1.32 bits per heavy atom. The van der Waals surface area contributed by atoms with Crippen molar-refractivity contribution in [3.8, 4) is 6.07 Å². The van der Waals surface area contributed by atoms with E-state index in [0.717, 1.165) is 18.0 Å². The Morgan fingerprint density at radius 3 is 2.36 bits per heavy atom. The molecule has 0 aliphatic heterocycles.